The molecule has 0 aromatic heterocycles. The number of nitrogens with zero attached hydrogens (tertiary/aromatic N) is 3. The Morgan fingerprint density at radius 2 is 2.00 bits per heavy atom. The number of rotatable bonds is 3. The van der Waals surface area contributed by atoms with Crippen LogP contribution in [0.2, 0.25) is 0 Å². The van der Waals surface area contributed by atoms with Crippen molar-refractivity contribution < 1.29 is 4.79 Å². The molecule has 2 aliphatic heterocycles. The minimum atomic E-state index is 0.167. The van der Waals surface area contributed by atoms with Crippen molar-refractivity contribution in [2.75, 3.05) is 39.3 Å². The summed E-state index contributed by atoms with van der Waals surface area (Å²) in [7, 11) is 0. The van der Waals surface area contributed by atoms with Crippen molar-refractivity contribution in [3.05, 3.63) is 0 Å². The topological polar surface area (TPSA) is 47.9 Å². The minimum Gasteiger partial charge on any atom is -0.314 e. The molecule has 0 aromatic carbocycles. The highest BCUT2D eigenvalue weighted by atomic mass is 16.2. The van der Waals surface area contributed by atoms with Gasteiger partial charge in [0.2, 0.25) is 5.91 Å². The second-order valence-electron chi connectivity index (χ2n) is 4.44. The van der Waals surface area contributed by atoms with E-state index in [4.69, 9.17) is 0 Å². The summed E-state index contributed by atoms with van der Waals surface area (Å²) in [6, 6.07) is 0. The average molecular weight is 224 g/mol. The summed E-state index contributed by atoms with van der Waals surface area (Å²) < 4.78 is 0. The minimum absolute atomic E-state index is 0.167. The smallest absolute Gasteiger partial charge is 0.243 e. The molecule has 16 heavy (non-hydrogen) atoms. The maximum Gasteiger partial charge on any atom is 0.243 e. The van der Waals surface area contributed by atoms with Gasteiger partial charge in [0.05, 0.1) is 6.54 Å². The van der Waals surface area contributed by atoms with Gasteiger partial charge in [0.15, 0.2) is 0 Å². The molecule has 1 saturated heterocycles. The van der Waals surface area contributed by atoms with E-state index in [0.29, 0.717) is 6.42 Å². The molecule has 0 atom stereocenters. The summed E-state index contributed by atoms with van der Waals surface area (Å²) >= 11 is 0. The van der Waals surface area contributed by atoms with E-state index in [0.717, 1.165) is 51.4 Å². The van der Waals surface area contributed by atoms with Gasteiger partial charge in [0.1, 0.15) is 0 Å². The molecule has 0 bridgehead atoms. The number of carbonyl (C=O) groups excluding carboxylic acids is 1. The Balaban J connectivity index is 1.79. The van der Waals surface area contributed by atoms with Crippen LogP contribution in [0.5, 0.6) is 0 Å². The SMILES string of the molecule is CC1=NN(CCN2CCNCC2)C(=O)CC1. The lowest BCUT2D eigenvalue weighted by atomic mass is 10.2. The van der Waals surface area contributed by atoms with Gasteiger partial charge in [0.25, 0.3) is 0 Å². The van der Waals surface area contributed by atoms with Crippen molar-refractivity contribution in [3.8, 4) is 0 Å². The predicted octanol–water partition coefficient (Wildman–Crippen LogP) is -0.110. The monoisotopic (exact) mass is 224 g/mol. The van der Waals surface area contributed by atoms with Crippen LogP contribution in [0.3, 0.4) is 0 Å². The lowest BCUT2D eigenvalue weighted by Crippen LogP contribution is -2.46. The standard InChI is InChI=1S/C11H20N4O/c1-10-2-3-11(16)15(13-10)9-8-14-6-4-12-5-7-14/h12H,2-9H2,1H3. The van der Waals surface area contributed by atoms with E-state index in [2.05, 4.69) is 15.3 Å². The molecular formula is C11H20N4O. The molecule has 1 amide bonds. The van der Waals surface area contributed by atoms with Crippen molar-refractivity contribution in [3.63, 3.8) is 0 Å². The Bertz CT molecular complexity index is 284. The summed E-state index contributed by atoms with van der Waals surface area (Å²) in [5.74, 6) is 0.167. The Kier molecular flexibility index (Phi) is 3.90. The number of hydrogen-bond donors (Lipinski definition) is 1. The van der Waals surface area contributed by atoms with Crippen LogP contribution in [0, 0.1) is 0 Å². The van der Waals surface area contributed by atoms with Gasteiger partial charge >= 0.3 is 0 Å². The first-order valence-corrected chi connectivity index (χ1v) is 6.03. The zero-order valence-electron chi connectivity index (χ0n) is 9.91. The van der Waals surface area contributed by atoms with Crippen molar-refractivity contribution >= 4 is 11.6 Å². The van der Waals surface area contributed by atoms with E-state index in [-0.39, 0.29) is 5.91 Å². The largest absolute Gasteiger partial charge is 0.314 e. The molecule has 0 spiro atoms. The molecule has 90 valence electrons. The summed E-state index contributed by atoms with van der Waals surface area (Å²) in [4.78, 5) is 14.0. The average Bonchev–Trinajstić information content (AvgIpc) is 2.32. The Morgan fingerprint density at radius 1 is 1.25 bits per heavy atom. The van der Waals surface area contributed by atoms with Gasteiger partial charge in [-0.1, -0.05) is 0 Å². The van der Waals surface area contributed by atoms with Crippen molar-refractivity contribution in [2.45, 2.75) is 19.8 Å². The highest BCUT2D eigenvalue weighted by Crippen LogP contribution is 2.08. The maximum absolute atomic E-state index is 11.6. The highest BCUT2D eigenvalue weighted by Gasteiger charge is 2.19. The van der Waals surface area contributed by atoms with E-state index >= 15 is 0 Å². The predicted molar refractivity (Wildman–Crippen MR) is 63.4 cm³/mol. The van der Waals surface area contributed by atoms with Gasteiger partial charge in [-0.05, 0) is 13.3 Å². The van der Waals surface area contributed by atoms with E-state index < -0.39 is 0 Å². The highest BCUT2D eigenvalue weighted by molar-refractivity contribution is 5.91. The number of carbonyl (C=O) groups is 1. The molecule has 2 rings (SSSR count). The van der Waals surface area contributed by atoms with Crippen LogP contribution in [0.1, 0.15) is 19.8 Å². The summed E-state index contributed by atoms with van der Waals surface area (Å²) in [6.07, 6.45) is 1.44. The Hall–Kier alpha value is -0.940. The zero-order valence-corrected chi connectivity index (χ0v) is 9.91. The fourth-order valence-corrected chi connectivity index (χ4v) is 2.07. The van der Waals surface area contributed by atoms with Gasteiger partial charge in [-0.2, -0.15) is 5.10 Å². The number of hydrazone groups is 1. The van der Waals surface area contributed by atoms with Crippen LogP contribution in [-0.4, -0.2) is 60.8 Å². The molecule has 2 heterocycles. The van der Waals surface area contributed by atoms with Gasteiger partial charge in [-0.3, -0.25) is 9.69 Å². The van der Waals surface area contributed by atoms with Crippen LogP contribution in [0.15, 0.2) is 5.10 Å². The van der Waals surface area contributed by atoms with Gasteiger partial charge in [-0.15, -0.1) is 0 Å². The van der Waals surface area contributed by atoms with Gasteiger partial charge < -0.3 is 5.32 Å². The summed E-state index contributed by atoms with van der Waals surface area (Å²) in [6.45, 7) is 7.91. The Labute approximate surface area is 96.5 Å². The van der Waals surface area contributed by atoms with E-state index in [1.54, 1.807) is 5.01 Å². The number of amides is 1. The second-order valence-corrected chi connectivity index (χ2v) is 4.44. The molecule has 0 unspecified atom stereocenters. The maximum atomic E-state index is 11.6. The third-order valence-corrected chi connectivity index (χ3v) is 3.12. The molecule has 5 heteroatoms. The molecule has 0 aromatic rings. The Morgan fingerprint density at radius 3 is 2.75 bits per heavy atom. The molecule has 0 aliphatic carbocycles. The number of hydrogen-bond acceptors (Lipinski definition) is 4. The number of piperazine rings is 1. The van der Waals surface area contributed by atoms with Gasteiger partial charge in [0, 0.05) is 44.9 Å². The zero-order chi connectivity index (χ0) is 11.4. The van der Waals surface area contributed by atoms with Crippen LogP contribution >= 0.6 is 0 Å². The molecule has 0 radical (unpaired) electrons. The van der Waals surface area contributed by atoms with Crippen LogP contribution in [0.25, 0.3) is 0 Å². The van der Waals surface area contributed by atoms with Crippen molar-refractivity contribution in [1.29, 1.82) is 0 Å². The number of nitrogens with one attached hydrogen (secondary N) is 1. The molecule has 5 nitrogen and oxygen atoms in total. The molecule has 2 aliphatic rings. The second kappa shape index (κ2) is 5.41. The first-order chi connectivity index (χ1) is 7.75. The van der Waals surface area contributed by atoms with E-state index in [9.17, 15) is 4.79 Å². The fourth-order valence-electron chi connectivity index (χ4n) is 2.07. The lowest BCUT2D eigenvalue weighted by molar-refractivity contribution is -0.132. The molecular weight excluding hydrogens is 204 g/mol. The van der Waals surface area contributed by atoms with Crippen LogP contribution in [-0.2, 0) is 4.79 Å². The third-order valence-electron chi connectivity index (χ3n) is 3.12. The first-order valence-electron chi connectivity index (χ1n) is 6.03. The van der Waals surface area contributed by atoms with Gasteiger partial charge in [-0.25, -0.2) is 5.01 Å². The quantitative estimate of drug-likeness (QED) is 0.727. The van der Waals surface area contributed by atoms with Crippen LogP contribution in [0.4, 0.5) is 0 Å². The third kappa shape index (κ3) is 3.02. The van der Waals surface area contributed by atoms with E-state index in [1.807, 2.05) is 6.92 Å². The van der Waals surface area contributed by atoms with Crippen molar-refractivity contribution in [2.24, 2.45) is 5.10 Å². The molecule has 0 saturated carbocycles. The normalized spacial score (nSPS) is 23.4. The summed E-state index contributed by atoms with van der Waals surface area (Å²) in [5.41, 5.74) is 1.07. The van der Waals surface area contributed by atoms with Crippen molar-refractivity contribution in [1.82, 2.24) is 15.2 Å². The lowest BCUT2D eigenvalue weighted by Gasteiger charge is -2.30. The summed E-state index contributed by atoms with van der Waals surface area (Å²) in [5, 5.41) is 9.26. The molecule has 1 N–H and O–H groups in total. The fraction of sp³-hybridized carbons (Fsp3) is 0.818. The van der Waals surface area contributed by atoms with E-state index in [1.165, 1.54) is 0 Å². The van der Waals surface area contributed by atoms with Crippen LogP contribution < -0.4 is 5.32 Å². The first kappa shape index (κ1) is 11.5. The molecule has 1 fully saturated rings.